The third-order valence-electron chi connectivity index (χ3n) is 5.42. The van der Waals surface area contributed by atoms with Gasteiger partial charge in [-0.05, 0) is 55.4 Å². The Balaban J connectivity index is 1.43. The molecule has 0 atom stereocenters. The van der Waals surface area contributed by atoms with E-state index in [0.29, 0.717) is 11.4 Å². The lowest BCUT2D eigenvalue weighted by molar-refractivity contribution is 0.101. The Bertz CT molecular complexity index is 1430. The first-order chi connectivity index (χ1) is 15.8. The van der Waals surface area contributed by atoms with E-state index >= 15 is 0 Å². The van der Waals surface area contributed by atoms with Gasteiger partial charge in [-0.2, -0.15) is 0 Å². The Morgan fingerprint density at radius 3 is 2.61 bits per heavy atom. The topological polar surface area (TPSA) is 115 Å². The zero-order chi connectivity index (χ0) is 23.3. The van der Waals surface area contributed by atoms with Gasteiger partial charge in [0.05, 0.1) is 21.1 Å². The maximum atomic E-state index is 12.2. The summed E-state index contributed by atoms with van der Waals surface area (Å²) in [5, 5.41) is 7.23. The van der Waals surface area contributed by atoms with Crippen molar-refractivity contribution in [2.24, 2.45) is 0 Å². The minimum absolute atomic E-state index is 0.0645. The summed E-state index contributed by atoms with van der Waals surface area (Å²) in [5.74, 6) is -0.982. The van der Waals surface area contributed by atoms with E-state index in [-0.39, 0.29) is 27.2 Å². The number of hydrogen-bond donors (Lipinski definition) is 2. The van der Waals surface area contributed by atoms with Gasteiger partial charge >= 0.3 is 5.76 Å². The number of aromatic nitrogens is 4. The average Bonchev–Trinajstić information content (AvgIpc) is 3.19. The third-order valence-corrected chi connectivity index (χ3v) is 6.62. The number of imidazole rings is 1. The van der Waals surface area contributed by atoms with Crippen molar-refractivity contribution in [2.45, 2.75) is 30.5 Å². The molecule has 0 bridgehead atoms. The molecule has 0 aliphatic heterocycles. The van der Waals surface area contributed by atoms with Crippen LogP contribution < -0.4 is 15.8 Å². The summed E-state index contributed by atoms with van der Waals surface area (Å²) in [4.78, 5) is 30.1. The number of H-pyrrole nitrogens is 1. The van der Waals surface area contributed by atoms with Crippen molar-refractivity contribution in [2.75, 3.05) is 11.6 Å². The van der Waals surface area contributed by atoms with Crippen molar-refractivity contribution in [3.8, 4) is 11.5 Å². The van der Waals surface area contributed by atoms with Gasteiger partial charge in [0.25, 0.3) is 5.91 Å². The van der Waals surface area contributed by atoms with Crippen LogP contribution in [0.2, 0.25) is 10.0 Å². The van der Waals surface area contributed by atoms with E-state index in [0.717, 1.165) is 29.0 Å². The molecule has 0 unspecified atom stereocenters. The molecule has 33 heavy (non-hydrogen) atoms. The number of rotatable bonds is 6. The summed E-state index contributed by atoms with van der Waals surface area (Å²) in [5.41, 5.74) is 2.23. The van der Waals surface area contributed by atoms with Crippen LogP contribution in [0.3, 0.4) is 0 Å². The van der Waals surface area contributed by atoms with Crippen LogP contribution in [0.15, 0.2) is 44.8 Å². The maximum absolute atomic E-state index is 12.2. The molecule has 0 radical (unpaired) electrons. The van der Waals surface area contributed by atoms with Gasteiger partial charge in [0.1, 0.15) is 5.75 Å². The summed E-state index contributed by atoms with van der Waals surface area (Å²) >= 11 is 14.4. The van der Waals surface area contributed by atoms with E-state index in [1.54, 1.807) is 11.8 Å². The zero-order valence-electron chi connectivity index (χ0n) is 17.4. The molecular formula is C21H17Cl2N5O4S. The molecular weight excluding hydrogens is 489 g/mol. The summed E-state index contributed by atoms with van der Waals surface area (Å²) in [6.07, 6.45) is 4.22. The second-order valence-electron chi connectivity index (χ2n) is 7.85. The van der Waals surface area contributed by atoms with Gasteiger partial charge in [0, 0.05) is 17.3 Å². The molecule has 2 aromatic heterocycles. The standard InChI is InChI=1S/C21H17Cl2N5O4S/c1-21(5-6-21)28-15-9-11(3-4-14(15)25-19(28)33-2)31-16-12(22)7-10(8-13(16)23)24-18(29)17-26-20(30)32-27-17/h3-4,7-9H,5-6H2,1-2H3,(H,24,29)(H,26,27,30). The largest absolute Gasteiger partial charge is 0.454 e. The number of fused-ring (bicyclic) bond motifs is 1. The molecule has 12 heteroatoms. The molecule has 9 nitrogen and oxygen atoms in total. The fourth-order valence-corrected chi connectivity index (χ4v) is 4.78. The van der Waals surface area contributed by atoms with Crippen LogP contribution in [0, 0.1) is 0 Å². The summed E-state index contributed by atoms with van der Waals surface area (Å²) < 4.78 is 12.6. The average molecular weight is 506 g/mol. The lowest BCUT2D eigenvalue weighted by atomic mass is 10.2. The number of carbonyl (C=O) groups is 1. The molecule has 0 spiro atoms. The number of anilines is 1. The number of benzene rings is 2. The molecule has 1 fully saturated rings. The SMILES string of the molecule is CSc1nc2ccc(Oc3c(Cl)cc(NC(=O)c4noc(=O)[nH]4)cc3Cl)cc2n1C1(C)CC1. The Labute approximate surface area is 201 Å². The molecule has 0 saturated heterocycles. The lowest BCUT2D eigenvalue weighted by Crippen LogP contribution is -2.14. The molecule has 4 aromatic rings. The maximum Gasteiger partial charge on any atom is 0.439 e. The zero-order valence-corrected chi connectivity index (χ0v) is 19.8. The van der Waals surface area contributed by atoms with Gasteiger partial charge in [-0.15, -0.1) is 0 Å². The summed E-state index contributed by atoms with van der Waals surface area (Å²) in [7, 11) is 0. The number of carbonyl (C=O) groups excluding carboxylic acids is 1. The third kappa shape index (κ3) is 4.09. The first-order valence-corrected chi connectivity index (χ1v) is 11.9. The number of ether oxygens (including phenoxy) is 1. The van der Waals surface area contributed by atoms with E-state index in [1.165, 1.54) is 12.1 Å². The van der Waals surface area contributed by atoms with E-state index < -0.39 is 11.7 Å². The smallest absolute Gasteiger partial charge is 0.439 e. The molecule has 1 saturated carbocycles. The minimum atomic E-state index is -0.835. The lowest BCUT2D eigenvalue weighted by Gasteiger charge is -2.16. The van der Waals surface area contributed by atoms with E-state index in [4.69, 9.17) is 32.9 Å². The van der Waals surface area contributed by atoms with Gasteiger partial charge in [-0.1, -0.05) is 35.0 Å². The molecule has 170 valence electrons. The van der Waals surface area contributed by atoms with Crippen molar-refractivity contribution in [3.05, 3.63) is 56.8 Å². The summed E-state index contributed by atoms with van der Waals surface area (Å²) in [6, 6.07) is 8.61. The van der Waals surface area contributed by atoms with Crippen LogP contribution in [0.5, 0.6) is 11.5 Å². The van der Waals surface area contributed by atoms with Gasteiger partial charge in [0.15, 0.2) is 10.9 Å². The number of hydrogen-bond acceptors (Lipinski definition) is 7. The second kappa shape index (κ2) is 8.12. The first kappa shape index (κ1) is 21.9. The number of nitrogens with one attached hydrogen (secondary N) is 2. The van der Waals surface area contributed by atoms with Crippen LogP contribution in [0.1, 0.15) is 30.4 Å². The molecule has 5 rings (SSSR count). The fourth-order valence-electron chi connectivity index (χ4n) is 3.52. The highest BCUT2D eigenvalue weighted by Crippen LogP contribution is 2.47. The Hall–Kier alpha value is -2.95. The number of nitrogens with zero attached hydrogens (tertiary/aromatic N) is 3. The highest BCUT2D eigenvalue weighted by molar-refractivity contribution is 7.98. The minimum Gasteiger partial charge on any atom is -0.454 e. The predicted molar refractivity (Wildman–Crippen MR) is 126 cm³/mol. The van der Waals surface area contributed by atoms with Crippen LogP contribution in [0.4, 0.5) is 5.69 Å². The van der Waals surface area contributed by atoms with Crippen molar-refractivity contribution >= 4 is 57.6 Å². The summed E-state index contributed by atoms with van der Waals surface area (Å²) in [6.45, 7) is 2.22. The number of aromatic amines is 1. The Morgan fingerprint density at radius 1 is 1.27 bits per heavy atom. The fraction of sp³-hybridized carbons (Fsp3) is 0.238. The number of amides is 1. The Morgan fingerprint density at radius 2 is 2.00 bits per heavy atom. The number of thioether (sulfide) groups is 1. The van der Waals surface area contributed by atoms with E-state index in [1.807, 2.05) is 24.5 Å². The van der Waals surface area contributed by atoms with Gasteiger partial charge in [0.2, 0.25) is 5.82 Å². The molecule has 1 amide bonds. The molecule has 2 heterocycles. The predicted octanol–water partition coefficient (Wildman–Crippen LogP) is 5.29. The van der Waals surface area contributed by atoms with Crippen molar-refractivity contribution in [1.29, 1.82) is 0 Å². The molecule has 1 aliphatic carbocycles. The van der Waals surface area contributed by atoms with Gasteiger partial charge in [-0.3, -0.25) is 14.3 Å². The Kier molecular flexibility index (Phi) is 5.38. The highest BCUT2D eigenvalue weighted by atomic mass is 35.5. The van der Waals surface area contributed by atoms with Gasteiger partial charge < -0.3 is 14.6 Å². The second-order valence-corrected chi connectivity index (χ2v) is 9.44. The molecule has 2 aromatic carbocycles. The number of halogens is 2. The van der Waals surface area contributed by atoms with Gasteiger partial charge in [-0.25, -0.2) is 9.78 Å². The van der Waals surface area contributed by atoms with Crippen molar-refractivity contribution in [1.82, 2.24) is 19.7 Å². The van der Waals surface area contributed by atoms with Crippen LogP contribution in [0.25, 0.3) is 11.0 Å². The quantitative estimate of drug-likeness (QED) is 0.341. The van der Waals surface area contributed by atoms with Crippen molar-refractivity contribution in [3.63, 3.8) is 0 Å². The molecule has 1 aliphatic rings. The van der Waals surface area contributed by atoms with E-state index in [2.05, 4.69) is 31.5 Å². The van der Waals surface area contributed by atoms with Crippen LogP contribution in [-0.4, -0.2) is 31.9 Å². The van der Waals surface area contributed by atoms with E-state index in [9.17, 15) is 9.59 Å². The van der Waals surface area contributed by atoms with Crippen molar-refractivity contribution < 1.29 is 14.1 Å². The monoisotopic (exact) mass is 505 g/mol. The normalized spacial score (nSPS) is 14.4. The van der Waals surface area contributed by atoms with Crippen LogP contribution >= 0.6 is 35.0 Å². The first-order valence-electron chi connectivity index (χ1n) is 9.89. The molecule has 2 N–H and O–H groups in total. The van der Waals surface area contributed by atoms with Crippen LogP contribution in [-0.2, 0) is 5.54 Å². The highest BCUT2D eigenvalue weighted by Gasteiger charge is 2.42.